The molecule has 0 fully saturated rings. The molecule has 0 saturated carbocycles. The van der Waals surface area contributed by atoms with Gasteiger partial charge in [-0.1, -0.05) is 19.1 Å². The molecule has 12 heavy (non-hydrogen) atoms. The fourth-order valence-corrected chi connectivity index (χ4v) is 1.64. The number of rotatable bonds is 4. The van der Waals surface area contributed by atoms with Crippen LogP contribution >= 0.6 is 11.8 Å². The minimum Gasteiger partial charge on any atom is -0.396 e. The molecule has 0 spiro atoms. The highest BCUT2D eigenvalue weighted by atomic mass is 32.2. The van der Waals surface area contributed by atoms with Gasteiger partial charge in [0.1, 0.15) is 0 Å². The molecule has 0 aliphatic heterocycles. The Morgan fingerprint density at radius 1 is 1.25 bits per heavy atom. The Morgan fingerprint density at radius 3 is 2.42 bits per heavy atom. The molecule has 1 N–H and O–H groups in total. The SMILES string of the molecule is CCc1ccc(SCCO)cc1. The highest BCUT2D eigenvalue weighted by Gasteiger charge is 1.92. The maximum Gasteiger partial charge on any atom is 0.0525 e. The number of aliphatic hydroxyl groups is 1. The van der Waals surface area contributed by atoms with Crippen molar-refractivity contribution in [3.05, 3.63) is 29.8 Å². The van der Waals surface area contributed by atoms with Crippen molar-refractivity contribution in [3.63, 3.8) is 0 Å². The summed E-state index contributed by atoms with van der Waals surface area (Å²) in [6.45, 7) is 2.40. The zero-order chi connectivity index (χ0) is 8.81. The van der Waals surface area contributed by atoms with Crippen LogP contribution in [0, 0.1) is 0 Å². The van der Waals surface area contributed by atoms with Crippen LogP contribution in [0.5, 0.6) is 0 Å². The summed E-state index contributed by atoms with van der Waals surface area (Å²) in [4.78, 5) is 1.24. The molecule has 0 bridgehead atoms. The van der Waals surface area contributed by atoms with Gasteiger partial charge in [-0.05, 0) is 24.1 Å². The minimum absolute atomic E-state index is 0.250. The molecule has 0 aromatic heterocycles. The Labute approximate surface area is 77.8 Å². The summed E-state index contributed by atoms with van der Waals surface area (Å²) in [6, 6.07) is 8.50. The van der Waals surface area contributed by atoms with Crippen LogP contribution in [0.1, 0.15) is 12.5 Å². The van der Waals surface area contributed by atoms with Gasteiger partial charge < -0.3 is 5.11 Å². The lowest BCUT2D eigenvalue weighted by Gasteiger charge is -2.00. The number of hydrogen-bond donors (Lipinski definition) is 1. The van der Waals surface area contributed by atoms with E-state index in [0.29, 0.717) is 0 Å². The van der Waals surface area contributed by atoms with E-state index >= 15 is 0 Å². The first-order valence-electron chi connectivity index (χ1n) is 4.19. The van der Waals surface area contributed by atoms with Crippen LogP contribution in [0.2, 0.25) is 0 Å². The molecule has 66 valence electrons. The fraction of sp³-hybridized carbons (Fsp3) is 0.400. The zero-order valence-corrected chi connectivity index (χ0v) is 8.10. The average Bonchev–Trinajstić information content (AvgIpc) is 2.15. The van der Waals surface area contributed by atoms with Gasteiger partial charge in [0, 0.05) is 10.6 Å². The van der Waals surface area contributed by atoms with Crippen LogP contribution in [-0.4, -0.2) is 17.5 Å². The number of thioether (sulfide) groups is 1. The van der Waals surface area contributed by atoms with Crippen molar-refractivity contribution in [1.29, 1.82) is 0 Å². The van der Waals surface area contributed by atoms with Gasteiger partial charge in [-0.3, -0.25) is 0 Å². The van der Waals surface area contributed by atoms with Gasteiger partial charge in [0.25, 0.3) is 0 Å². The normalized spacial score (nSPS) is 10.2. The molecule has 0 aliphatic carbocycles. The van der Waals surface area contributed by atoms with Crippen molar-refractivity contribution >= 4 is 11.8 Å². The number of benzene rings is 1. The lowest BCUT2D eigenvalue weighted by molar-refractivity contribution is 0.322. The van der Waals surface area contributed by atoms with Crippen molar-refractivity contribution < 1.29 is 5.11 Å². The van der Waals surface area contributed by atoms with E-state index in [1.807, 2.05) is 0 Å². The number of aryl methyl sites for hydroxylation is 1. The monoisotopic (exact) mass is 182 g/mol. The summed E-state index contributed by atoms with van der Waals surface area (Å²) < 4.78 is 0. The fourth-order valence-electron chi connectivity index (χ4n) is 0.985. The third-order valence-corrected chi connectivity index (χ3v) is 2.68. The van der Waals surface area contributed by atoms with Gasteiger partial charge in [0.05, 0.1) is 6.61 Å². The summed E-state index contributed by atoms with van der Waals surface area (Å²) in [6.07, 6.45) is 1.09. The Kier molecular flexibility index (Phi) is 4.19. The van der Waals surface area contributed by atoms with E-state index in [0.717, 1.165) is 12.2 Å². The Hall–Kier alpha value is -0.470. The van der Waals surface area contributed by atoms with Gasteiger partial charge in [0.2, 0.25) is 0 Å². The van der Waals surface area contributed by atoms with E-state index in [2.05, 4.69) is 31.2 Å². The molecule has 0 saturated heterocycles. The summed E-state index contributed by atoms with van der Waals surface area (Å²) in [7, 11) is 0. The molecule has 1 aromatic carbocycles. The predicted molar refractivity (Wildman–Crippen MR) is 53.6 cm³/mol. The first-order valence-corrected chi connectivity index (χ1v) is 5.18. The standard InChI is InChI=1S/C10H14OS/c1-2-9-3-5-10(6-4-9)12-8-7-11/h3-6,11H,2,7-8H2,1H3. The maximum absolute atomic E-state index is 8.61. The molecule has 1 nitrogen and oxygen atoms in total. The van der Waals surface area contributed by atoms with Crippen molar-refractivity contribution in [2.45, 2.75) is 18.2 Å². The summed E-state index contributed by atoms with van der Waals surface area (Å²) in [5, 5.41) is 8.61. The second-order valence-electron chi connectivity index (χ2n) is 2.57. The molecular formula is C10H14OS. The molecule has 0 atom stereocenters. The van der Waals surface area contributed by atoms with Crippen LogP contribution in [0.25, 0.3) is 0 Å². The number of hydrogen-bond acceptors (Lipinski definition) is 2. The Bertz CT molecular complexity index is 218. The molecule has 2 heteroatoms. The van der Waals surface area contributed by atoms with Crippen molar-refractivity contribution in [1.82, 2.24) is 0 Å². The van der Waals surface area contributed by atoms with E-state index < -0.39 is 0 Å². The van der Waals surface area contributed by atoms with E-state index in [1.54, 1.807) is 11.8 Å². The molecule has 1 aromatic rings. The third kappa shape index (κ3) is 2.88. The van der Waals surface area contributed by atoms with E-state index in [9.17, 15) is 0 Å². The zero-order valence-electron chi connectivity index (χ0n) is 7.29. The van der Waals surface area contributed by atoms with E-state index in [4.69, 9.17) is 5.11 Å². The molecule has 0 heterocycles. The Morgan fingerprint density at radius 2 is 1.92 bits per heavy atom. The third-order valence-electron chi connectivity index (χ3n) is 1.69. The molecular weight excluding hydrogens is 168 g/mol. The summed E-state index contributed by atoms with van der Waals surface area (Å²) >= 11 is 1.69. The van der Waals surface area contributed by atoms with Gasteiger partial charge >= 0.3 is 0 Å². The Balaban J connectivity index is 2.53. The van der Waals surface area contributed by atoms with Gasteiger partial charge in [0.15, 0.2) is 0 Å². The van der Waals surface area contributed by atoms with Gasteiger partial charge in [-0.25, -0.2) is 0 Å². The van der Waals surface area contributed by atoms with Crippen LogP contribution in [-0.2, 0) is 6.42 Å². The van der Waals surface area contributed by atoms with E-state index in [-0.39, 0.29) is 6.61 Å². The van der Waals surface area contributed by atoms with Gasteiger partial charge in [-0.2, -0.15) is 0 Å². The van der Waals surface area contributed by atoms with Crippen LogP contribution in [0.3, 0.4) is 0 Å². The van der Waals surface area contributed by atoms with Gasteiger partial charge in [-0.15, -0.1) is 11.8 Å². The van der Waals surface area contributed by atoms with Crippen molar-refractivity contribution in [2.24, 2.45) is 0 Å². The van der Waals surface area contributed by atoms with Crippen LogP contribution < -0.4 is 0 Å². The summed E-state index contributed by atoms with van der Waals surface area (Å²) in [5.74, 6) is 0.783. The van der Waals surface area contributed by atoms with Crippen molar-refractivity contribution in [3.8, 4) is 0 Å². The molecule has 0 unspecified atom stereocenters. The topological polar surface area (TPSA) is 20.2 Å². The second-order valence-corrected chi connectivity index (χ2v) is 3.74. The molecule has 0 radical (unpaired) electrons. The molecule has 0 aliphatic rings. The molecule has 0 amide bonds. The highest BCUT2D eigenvalue weighted by molar-refractivity contribution is 7.99. The summed E-state index contributed by atoms with van der Waals surface area (Å²) in [5.41, 5.74) is 1.36. The van der Waals surface area contributed by atoms with Crippen LogP contribution in [0.4, 0.5) is 0 Å². The average molecular weight is 182 g/mol. The second kappa shape index (κ2) is 5.22. The molecule has 1 rings (SSSR count). The maximum atomic E-state index is 8.61. The van der Waals surface area contributed by atoms with Crippen molar-refractivity contribution in [2.75, 3.05) is 12.4 Å². The van der Waals surface area contributed by atoms with E-state index in [1.165, 1.54) is 10.5 Å². The quantitative estimate of drug-likeness (QED) is 0.721. The minimum atomic E-state index is 0.250. The smallest absolute Gasteiger partial charge is 0.0525 e. The predicted octanol–water partition coefficient (Wildman–Crippen LogP) is 2.33. The first kappa shape index (κ1) is 9.62. The lowest BCUT2D eigenvalue weighted by atomic mass is 10.2. The largest absolute Gasteiger partial charge is 0.396 e. The highest BCUT2D eigenvalue weighted by Crippen LogP contribution is 2.17. The lowest BCUT2D eigenvalue weighted by Crippen LogP contribution is -1.85. The first-order chi connectivity index (χ1) is 5.86. The number of aliphatic hydroxyl groups excluding tert-OH is 1. The van der Waals surface area contributed by atoms with Crippen LogP contribution in [0.15, 0.2) is 29.2 Å².